The summed E-state index contributed by atoms with van der Waals surface area (Å²) in [6.07, 6.45) is 4.46. The van der Waals surface area contributed by atoms with Crippen molar-refractivity contribution in [3.8, 4) is 0 Å². The predicted octanol–water partition coefficient (Wildman–Crippen LogP) is 6.99. The average molecular weight is 527 g/mol. The monoisotopic (exact) mass is 526 g/mol. The fraction of sp³-hybridized carbons (Fsp3) is 0.345. The summed E-state index contributed by atoms with van der Waals surface area (Å²) in [4.78, 5) is 12.9. The van der Waals surface area contributed by atoms with Gasteiger partial charge in [-0.3, -0.25) is 9.10 Å². The lowest BCUT2D eigenvalue weighted by atomic mass is 9.99. The molecule has 0 bridgehead atoms. The van der Waals surface area contributed by atoms with E-state index < -0.39 is 10.0 Å². The van der Waals surface area contributed by atoms with Crippen LogP contribution in [0.25, 0.3) is 0 Å². The first-order valence-electron chi connectivity index (χ1n) is 12.5. The lowest BCUT2D eigenvalue weighted by Gasteiger charge is -2.26. The number of halogens is 1. The zero-order chi connectivity index (χ0) is 26.1. The Morgan fingerprint density at radius 1 is 1.00 bits per heavy atom. The van der Waals surface area contributed by atoms with Crippen molar-refractivity contribution in [3.63, 3.8) is 0 Å². The highest BCUT2D eigenvalue weighted by Gasteiger charge is 2.26. The van der Waals surface area contributed by atoms with E-state index in [9.17, 15) is 13.2 Å². The maximum Gasteiger partial charge on any atom is 0.264 e. The minimum absolute atomic E-state index is 0.106. The van der Waals surface area contributed by atoms with Crippen molar-refractivity contribution < 1.29 is 13.2 Å². The summed E-state index contributed by atoms with van der Waals surface area (Å²) >= 11 is 6.24. The number of aryl methyl sites for hydroxylation is 1. The summed E-state index contributed by atoms with van der Waals surface area (Å²) < 4.78 is 28.7. The molecule has 1 atom stereocenters. The summed E-state index contributed by atoms with van der Waals surface area (Å²) in [5.41, 5.74) is 2.63. The van der Waals surface area contributed by atoms with Gasteiger partial charge in [0.25, 0.3) is 15.9 Å². The molecule has 36 heavy (non-hydrogen) atoms. The summed E-state index contributed by atoms with van der Waals surface area (Å²) in [6, 6.07) is 20.7. The van der Waals surface area contributed by atoms with Crippen molar-refractivity contribution in [2.75, 3.05) is 10.8 Å². The smallest absolute Gasteiger partial charge is 0.264 e. The molecule has 5 nitrogen and oxygen atoms in total. The Morgan fingerprint density at radius 2 is 1.69 bits per heavy atom. The van der Waals surface area contributed by atoms with E-state index in [1.54, 1.807) is 66.7 Å². The first-order chi connectivity index (χ1) is 17.3. The quantitative estimate of drug-likeness (QED) is 0.276. The molecule has 3 aromatic carbocycles. The fourth-order valence-electron chi connectivity index (χ4n) is 4.08. The number of hydrogen-bond donors (Lipinski definition) is 1. The molecular formula is C29H35ClN2O3S. The Morgan fingerprint density at radius 3 is 2.33 bits per heavy atom. The molecule has 0 aliphatic carbocycles. The Bertz CT molecular complexity index is 1250. The Labute approximate surface area is 220 Å². The van der Waals surface area contributed by atoms with E-state index in [-0.39, 0.29) is 17.3 Å². The zero-order valence-electron chi connectivity index (χ0n) is 21.2. The van der Waals surface area contributed by atoms with E-state index in [1.807, 2.05) is 13.0 Å². The molecule has 1 N–H and O–H groups in total. The highest BCUT2D eigenvalue weighted by atomic mass is 35.5. The van der Waals surface area contributed by atoms with E-state index >= 15 is 0 Å². The Hall–Kier alpha value is -2.83. The third kappa shape index (κ3) is 7.11. The number of hydrogen-bond acceptors (Lipinski definition) is 3. The van der Waals surface area contributed by atoms with Gasteiger partial charge in [-0.15, -0.1) is 0 Å². The Kier molecular flexibility index (Phi) is 9.97. The van der Waals surface area contributed by atoms with Crippen LogP contribution in [0, 0.1) is 12.8 Å². The number of unbranched alkanes of at least 4 members (excludes halogenated alkanes) is 1. The standard InChI is InChI=1S/C29H35ClN2O3S/c1-4-6-10-23(5-2)20-31-29(33)25-16-14-24(15-17-25)21-32(28-19-26(30)18-13-22(28)3)36(34,35)27-11-8-7-9-12-27/h7-9,11-19,23H,4-6,10,20-21H2,1-3H3,(H,31,33). The van der Waals surface area contributed by atoms with Crippen LogP contribution in [0.3, 0.4) is 0 Å². The number of rotatable bonds is 12. The predicted molar refractivity (Wildman–Crippen MR) is 148 cm³/mol. The molecule has 0 saturated carbocycles. The number of nitrogens with zero attached hydrogens (tertiary/aromatic N) is 1. The minimum atomic E-state index is -3.85. The maximum atomic E-state index is 13.6. The highest BCUT2D eigenvalue weighted by molar-refractivity contribution is 7.92. The third-order valence-electron chi connectivity index (χ3n) is 6.41. The molecule has 1 amide bonds. The largest absolute Gasteiger partial charge is 0.352 e. The van der Waals surface area contributed by atoms with E-state index in [4.69, 9.17) is 11.6 Å². The van der Waals surface area contributed by atoms with Crippen LogP contribution in [0.4, 0.5) is 5.69 Å². The van der Waals surface area contributed by atoms with Gasteiger partial charge in [0.15, 0.2) is 0 Å². The summed E-state index contributed by atoms with van der Waals surface area (Å²) in [6.45, 7) is 6.95. The second-order valence-corrected chi connectivity index (χ2v) is 11.4. The lowest BCUT2D eigenvalue weighted by Crippen LogP contribution is -2.31. The fourth-order valence-corrected chi connectivity index (χ4v) is 5.78. The molecule has 0 aliphatic heterocycles. The van der Waals surface area contributed by atoms with Crippen LogP contribution in [-0.4, -0.2) is 20.9 Å². The minimum Gasteiger partial charge on any atom is -0.352 e. The number of benzene rings is 3. The number of nitrogens with one attached hydrogen (secondary N) is 1. The molecule has 0 spiro atoms. The van der Waals surface area contributed by atoms with Gasteiger partial charge in [-0.25, -0.2) is 8.42 Å². The molecule has 0 saturated heterocycles. The molecule has 7 heteroatoms. The van der Waals surface area contributed by atoms with Gasteiger partial charge in [0.2, 0.25) is 0 Å². The van der Waals surface area contributed by atoms with Crippen LogP contribution in [-0.2, 0) is 16.6 Å². The van der Waals surface area contributed by atoms with Crippen molar-refractivity contribution in [1.82, 2.24) is 5.32 Å². The van der Waals surface area contributed by atoms with Gasteiger partial charge in [-0.1, -0.05) is 81.1 Å². The molecule has 3 rings (SSSR count). The molecule has 0 radical (unpaired) electrons. The van der Waals surface area contributed by atoms with Crippen LogP contribution in [0.2, 0.25) is 5.02 Å². The summed E-state index contributed by atoms with van der Waals surface area (Å²) in [5.74, 6) is 0.363. The van der Waals surface area contributed by atoms with Crippen molar-refractivity contribution in [1.29, 1.82) is 0 Å². The second kappa shape index (κ2) is 12.9. The number of carbonyl (C=O) groups excluding carboxylic acids is 1. The van der Waals surface area contributed by atoms with Crippen molar-refractivity contribution in [2.45, 2.75) is 57.9 Å². The van der Waals surface area contributed by atoms with E-state index in [1.165, 1.54) is 4.31 Å². The van der Waals surface area contributed by atoms with Crippen LogP contribution in [0.1, 0.15) is 61.0 Å². The number of amides is 1. The van der Waals surface area contributed by atoms with Gasteiger partial charge >= 0.3 is 0 Å². The van der Waals surface area contributed by atoms with Crippen LogP contribution in [0.15, 0.2) is 77.7 Å². The van der Waals surface area contributed by atoms with Crippen LogP contribution >= 0.6 is 11.6 Å². The molecule has 0 heterocycles. The van der Waals surface area contributed by atoms with E-state index in [0.29, 0.717) is 28.7 Å². The normalized spacial score (nSPS) is 12.2. The van der Waals surface area contributed by atoms with Crippen molar-refractivity contribution >= 4 is 33.2 Å². The maximum absolute atomic E-state index is 13.6. The van der Waals surface area contributed by atoms with Crippen LogP contribution < -0.4 is 9.62 Å². The molecular weight excluding hydrogens is 492 g/mol. The SMILES string of the molecule is CCCCC(CC)CNC(=O)c1ccc(CN(c2cc(Cl)ccc2C)S(=O)(=O)c2ccccc2)cc1. The molecule has 1 unspecified atom stereocenters. The highest BCUT2D eigenvalue weighted by Crippen LogP contribution is 2.31. The van der Waals surface area contributed by atoms with Crippen molar-refractivity contribution in [2.24, 2.45) is 5.92 Å². The molecule has 192 valence electrons. The molecule has 0 aromatic heterocycles. The van der Waals surface area contributed by atoms with E-state index in [2.05, 4.69) is 19.2 Å². The summed E-state index contributed by atoms with van der Waals surface area (Å²) in [7, 11) is -3.85. The van der Waals surface area contributed by atoms with Gasteiger partial charge < -0.3 is 5.32 Å². The van der Waals surface area contributed by atoms with Crippen LogP contribution in [0.5, 0.6) is 0 Å². The molecule has 0 fully saturated rings. The Balaban J connectivity index is 1.82. The lowest BCUT2D eigenvalue weighted by molar-refractivity contribution is 0.0946. The second-order valence-electron chi connectivity index (χ2n) is 9.08. The third-order valence-corrected chi connectivity index (χ3v) is 8.42. The topological polar surface area (TPSA) is 66.5 Å². The van der Waals surface area contributed by atoms with Gasteiger partial charge in [0.1, 0.15) is 0 Å². The summed E-state index contributed by atoms with van der Waals surface area (Å²) in [5, 5.41) is 3.50. The van der Waals surface area contributed by atoms with Gasteiger partial charge in [-0.05, 0) is 66.8 Å². The first kappa shape index (κ1) is 27.8. The van der Waals surface area contributed by atoms with Gasteiger partial charge in [0, 0.05) is 17.1 Å². The zero-order valence-corrected chi connectivity index (χ0v) is 22.8. The van der Waals surface area contributed by atoms with Gasteiger partial charge in [-0.2, -0.15) is 0 Å². The van der Waals surface area contributed by atoms with E-state index in [0.717, 1.165) is 36.8 Å². The average Bonchev–Trinajstić information content (AvgIpc) is 2.89. The molecule has 0 aliphatic rings. The number of anilines is 1. The van der Waals surface area contributed by atoms with Crippen molar-refractivity contribution in [3.05, 3.63) is 94.5 Å². The first-order valence-corrected chi connectivity index (χ1v) is 14.3. The number of sulfonamides is 1. The molecule has 3 aromatic rings. The number of carbonyl (C=O) groups is 1. The van der Waals surface area contributed by atoms with Gasteiger partial charge in [0.05, 0.1) is 17.1 Å².